The van der Waals surface area contributed by atoms with Crippen LogP contribution in [0.1, 0.15) is 32.0 Å². The molecule has 0 aromatic carbocycles. The van der Waals surface area contributed by atoms with Gasteiger partial charge in [0, 0.05) is 18.1 Å². The van der Waals surface area contributed by atoms with E-state index < -0.39 is 0 Å². The summed E-state index contributed by atoms with van der Waals surface area (Å²) in [5.41, 5.74) is 3.62. The van der Waals surface area contributed by atoms with Gasteiger partial charge in [0.15, 0.2) is 0 Å². The minimum atomic E-state index is 1.05. The van der Waals surface area contributed by atoms with Crippen molar-refractivity contribution < 1.29 is 0 Å². The highest BCUT2D eigenvalue weighted by atomic mass is 15.0. The van der Waals surface area contributed by atoms with Crippen molar-refractivity contribution in [2.24, 2.45) is 0 Å². The molecule has 0 spiro atoms. The predicted octanol–water partition coefficient (Wildman–Crippen LogP) is 3.23. The van der Waals surface area contributed by atoms with E-state index in [1.165, 1.54) is 11.3 Å². The van der Waals surface area contributed by atoms with E-state index in [0.717, 1.165) is 12.1 Å². The van der Waals surface area contributed by atoms with E-state index in [1.54, 1.807) is 0 Å². The van der Waals surface area contributed by atoms with Gasteiger partial charge < -0.3 is 4.40 Å². The lowest BCUT2D eigenvalue weighted by molar-refractivity contribution is 0.974. The molecule has 2 nitrogen and oxygen atoms in total. The lowest BCUT2D eigenvalue weighted by Crippen LogP contribution is -1.95. The number of rotatable bonds is 1. The van der Waals surface area contributed by atoms with Crippen LogP contribution in [0, 0.1) is 6.92 Å². The Balaban J connectivity index is 0.000000461. The fourth-order valence-corrected chi connectivity index (χ4v) is 1.49. The molecule has 0 N–H and O–H groups in total. The number of hydrogen-bond donors (Lipinski definition) is 0. The number of aryl methyl sites for hydroxylation is 2. The fraction of sp³-hybridized carbons (Fsp3) is 0.417. The van der Waals surface area contributed by atoms with Crippen LogP contribution in [0.3, 0.4) is 0 Å². The third kappa shape index (κ3) is 1.79. The Bertz CT molecular complexity index is 402. The quantitative estimate of drug-likeness (QED) is 0.675. The van der Waals surface area contributed by atoms with Gasteiger partial charge >= 0.3 is 0 Å². The number of hydrogen-bond acceptors (Lipinski definition) is 1. The molecule has 0 bridgehead atoms. The number of aromatic nitrogens is 2. The molecule has 0 fully saturated rings. The Hall–Kier alpha value is -1.31. The Morgan fingerprint density at radius 2 is 2.00 bits per heavy atom. The summed E-state index contributed by atoms with van der Waals surface area (Å²) in [6, 6.07) is 4.28. The average Bonchev–Trinajstić information content (AvgIpc) is 2.71. The van der Waals surface area contributed by atoms with E-state index in [0.29, 0.717) is 0 Å². The van der Waals surface area contributed by atoms with E-state index in [1.807, 2.05) is 26.2 Å². The van der Waals surface area contributed by atoms with Gasteiger partial charge in [0.05, 0.1) is 0 Å². The molecular formula is C12H18N2. The summed E-state index contributed by atoms with van der Waals surface area (Å²) in [5, 5.41) is 0. The topological polar surface area (TPSA) is 17.3 Å². The summed E-state index contributed by atoms with van der Waals surface area (Å²) in [5.74, 6) is 0. The van der Waals surface area contributed by atoms with Crippen molar-refractivity contribution in [2.75, 3.05) is 0 Å². The smallest absolute Gasteiger partial charge is 0.139 e. The zero-order valence-electron chi connectivity index (χ0n) is 9.41. The molecule has 0 aliphatic carbocycles. The second-order valence-corrected chi connectivity index (χ2v) is 2.98. The normalized spacial score (nSPS) is 9.71. The van der Waals surface area contributed by atoms with Crippen molar-refractivity contribution >= 4 is 5.65 Å². The molecule has 0 aliphatic rings. The van der Waals surface area contributed by atoms with Gasteiger partial charge in [0.1, 0.15) is 5.65 Å². The first-order valence-corrected chi connectivity index (χ1v) is 5.24. The van der Waals surface area contributed by atoms with E-state index in [2.05, 4.69) is 35.4 Å². The van der Waals surface area contributed by atoms with Crippen LogP contribution in [0.2, 0.25) is 0 Å². The third-order valence-corrected chi connectivity index (χ3v) is 2.19. The van der Waals surface area contributed by atoms with Crippen molar-refractivity contribution in [1.29, 1.82) is 0 Å². The molecule has 2 heterocycles. The maximum atomic E-state index is 4.29. The second kappa shape index (κ2) is 4.80. The van der Waals surface area contributed by atoms with E-state index in [4.69, 9.17) is 0 Å². The minimum absolute atomic E-state index is 1.05. The van der Waals surface area contributed by atoms with Gasteiger partial charge in [0.2, 0.25) is 0 Å². The van der Waals surface area contributed by atoms with Gasteiger partial charge in [-0.25, -0.2) is 4.98 Å². The SMILES string of the molecule is CC.CCc1ccc(C)c2nccn12. The largest absolute Gasteiger partial charge is 0.304 e. The van der Waals surface area contributed by atoms with Crippen LogP contribution in [0.25, 0.3) is 5.65 Å². The fourth-order valence-electron chi connectivity index (χ4n) is 1.49. The van der Waals surface area contributed by atoms with Crippen LogP contribution in [-0.4, -0.2) is 9.38 Å². The van der Waals surface area contributed by atoms with Crippen LogP contribution >= 0.6 is 0 Å². The zero-order valence-corrected chi connectivity index (χ0v) is 9.41. The summed E-state index contributed by atoms with van der Waals surface area (Å²) in [6.07, 6.45) is 4.91. The van der Waals surface area contributed by atoms with Gasteiger partial charge in [0.25, 0.3) is 0 Å². The lowest BCUT2D eigenvalue weighted by atomic mass is 10.2. The van der Waals surface area contributed by atoms with E-state index in [9.17, 15) is 0 Å². The number of imidazole rings is 1. The molecule has 0 atom stereocenters. The molecule has 0 unspecified atom stereocenters. The third-order valence-electron chi connectivity index (χ3n) is 2.19. The van der Waals surface area contributed by atoms with Gasteiger partial charge in [-0.1, -0.05) is 26.8 Å². The van der Waals surface area contributed by atoms with E-state index >= 15 is 0 Å². The summed E-state index contributed by atoms with van der Waals surface area (Å²) < 4.78 is 2.15. The van der Waals surface area contributed by atoms with Crippen molar-refractivity contribution in [2.45, 2.75) is 34.1 Å². The molecule has 2 aromatic rings. The minimum Gasteiger partial charge on any atom is -0.304 e. The summed E-state index contributed by atoms with van der Waals surface area (Å²) >= 11 is 0. The predicted molar refractivity (Wildman–Crippen MR) is 60.7 cm³/mol. The summed E-state index contributed by atoms with van der Waals surface area (Å²) in [6.45, 7) is 8.24. The molecule has 0 amide bonds. The molecule has 0 saturated carbocycles. The highest BCUT2D eigenvalue weighted by molar-refractivity contribution is 5.48. The van der Waals surface area contributed by atoms with Crippen molar-refractivity contribution in [3.63, 3.8) is 0 Å². The van der Waals surface area contributed by atoms with Crippen LogP contribution in [0.5, 0.6) is 0 Å². The van der Waals surface area contributed by atoms with Crippen molar-refractivity contribution in [3.05, 3.63) is 35.8 Å². The van der Waals surface area contributed by atoms with Crippen LogP contribution in [0.15, 0.2) is 24.5 Å². The Labute approximate surface area is 85.6 Å². The first-order chi connectivity index (χ1) is 6.83. The van der Waals surface area contributed by atoms with E-state index in [-0.39, 0.29) is 0 Å². The Kier molecular flexibility index (Phi) is 3.69. The van der Waals surface area contributed by atoms with Gasteiger partial charge in [-0.3, -0.25) is 0 Å². The second-order valence-electron chi connectivity index (χ2n) is 2.98. The lowest BCUT2D eigenvalue weighted by Gasteiger charge is -2.03. The molecule has 0 aliphatic heterocycles. The van der Waals surface area contributed by atoms with Gasteiger partial charge in [-0.15, -0.1) is 0 Å². The molecule has 2 rings (SSSR count). The molecular weight excluding hydrogens is 172 g/mol. The van der Waals surface area contributed by atoms with Crippen molar-refractivity contribution in [1.82, 2.24) is 9.38 Å². The van der Waals surface area contributed by atoms with Crippen LogP contribution in [0.4, 0.5) is 0 Å². The highest BCUT2D eigenvalue weighted by Gasteiger charge is 2.00. The van der Waals surface area contributed by atoms with Crippen molar-refractivity contribution in [3.8, 4) is 0 Å². The summed E-state index contributed by atoms with van der Waals surface area (Å²) in [4.78, 5) is 4.29. The average molecular weight is 190 g/mol. The maximum absolute atomic E-state index is 4.29. The number of nitrogens with zero attached hydrogens (tertiary/aromatic N) is 2. The molecule has 0 radical (unpaired) electrons. The zero-order chi connectivity index (χ0) is 10.6. The molecule has 76 valence electrons. The molecule has 14 heavy (non-hydrogen) atoms. The molecule has 2 aromatic heterocycles. The first-order valence-electron chi connectivity index (χ1n) is 5.24. The molecule has 0 saturated heterocycles. The van der Waals surface area contributed by atoms with Gasteiger partial charge in [-0.2, -0.15) is 0 Å². The first kappa shape index (κ1) is 10.8. The Morgan fingerprint density at radius 3 is 2.64 bits per heavy atom. The highest BCUT2D eigenvalue weighted by Crippen LogP contribution is 2.11. The van der Waals surface area contributed by atoms with Crippen LogP contribution < -0.4 is 0 Å². The number of pyridine rings is 1. The standard InChI is InChI=1S/C10H12N2.C2H6/c1-3-9-5-4-8(2)10-11-6-7-12(9)10;1-2/h4-7H,3H2,1-2H3;1-2H3. The monoisotopic (exact) mass is 190 g/mol. The number of fused-ring (bicyclic) bond motifs is 1. The maximum Gasteiger partial charge on any atom is 0.139 e. The van der Waals surface area contributed by atoms with Crippen LogP contribution in [-0.2, 0) is 6.42 Å². The van der Waals surface area contributed by atoms with Gasteiger partial charge in [-0.05, 0) is 25.0 Å². The summed E-state index contributed by atoms with van der Waals surface area (Å²) in [7, 11) is 0. The molecule has 2 heteroatoms. The Morgan fingerprint density at radius 1 is 1.29 bits per heavy atom.